The molecule has 0 spiro atoms. The van der Waals surface area contributed by atoms with E-state index in [1.54, 1.807) is 18.3 Å². The van der Waals surface area contributed by atoms with Crippen LogP contribution in [0.3, 0.4) is 0 Å². The third kappa shape index (κ3) is 1.60. The van der Waals surface area contributed by atoms with Gasteiger partial charge in [0.2, 0.25) is 0 Å². The second-order valence-corrected chi connectivity index (χ2v) is 2.66. The monoisotopic (exact) mass is 230 g/mol. The molecule has 3 nitrogen and oxygen atoms in total. The van der Waals surface area contributed by atoms with Crippen LogP contribution in [0.1, 0.15) is 5.56 Å². The molecule has 1 aromatic heterocycles. The summed E-state index contributed by atoms with van der Waals surface area (Å²) in [5.74, 6) is 0. The van der Waals surface area contributed by atoms with E-state index >= 15 is 0 Å². The average molecular weight is 230 g/mol. The van der Waals surface area contributed by atoms with Gasteiger partial charge in [0.1, 0.15) is 0 Å². The van der Waals surface area contributed by atoms with Crippen molar-refractivity contribution in [1.82, 2.24) is 4.73 Å². The molecule has 0 aliphatic rings. The van der Waals surface area contributed by atoms with Gasteiger partial charge in [-0.15, -0.1) is 7.11 Å². The fourth-order valence-electron chi connectivity index (χ4n) is 1.29. The zero-order valence-electron chi connectivity index (χ0n) is 7.23. The maximum Gasteiger partial charge on any atom is 0.0992 e. The summed E-state index contributed by atoms with van der Waals surface area (Å²) < 4.78 is 1.52. The van der Waals surface area contributed by atoms with Crippen molar-refractivity contribution >= 4 is 10.9 Å². The minimum absolute atomic E-state index is 0. The molecule has 0 amide bonds. The smallest absolute Gasteiger partial charge is 0.0992 e. The van der Waals surface area contributed by atoms with E-state index in [1.165, 1.54) is 4.73 Å². The summed E-state index contributed by atoms with van der Waals surface area (Å²) >= 11 is 0. The Morgan fingerprint density at radius 2 is 2.14 bits per heavy atom. The predicted molar refractivity (Wildman–Crippen MR) is 48.6 cm³/mol. The Labute approximate surface area is 92.0 Å². The second kappa shape index (κ2) is 4.18. The predicted octanol–water partition coefficient (Wildman–Crippen LogP) is 1.73. The summed E-state index contributed by atoms with van der Waals surface area (Å²) in [5.41, 5.74) is 1.47. The van der Waals surface area contributed by atoms with Crippen LogP contribution in [-0.4, -0.2) is 4.73 Å². The molecule has 0 fully saturated rings. The molecule has 2 rings (SSSR count). The number of hydrogen-bond donors (Lipinski definition) is 0. The Morgan fingerprint density at radius 3 is 2.79 bits per heavy atom. The Morgan fingerprint density at radius 1 is 1.36 bits per heavy atom. The topological polar surface area (TPSA) is 38.0 Å². The van der Waals surface area contributed by atoms with E-state index in [9.17, 15) is 0 Å². The van der Waals surface area contributed by atoms with Gasteiger partial charge in [-0.25, -0.2) is 4.73 Å². The van der Waals surface area contributed by atoms with Crippen LogP contribution in [0.5, 0.6) is 0 Å². The van der Waals surface area contributed by atoms with Crippen LogP contribution >= 0.6 is 0 Å². The van der Waals surface area contributed by atoms with Crippen molar-refractivity contribution in [3.8, 4) is 6.07 Å². The molecule has 0 N–H and O–H groups in total. The fourth-order valence-corrected chi connectivity index (χ4v) is 1.29. The molecule has 1 heterocycles. The van der Waals surface area contributed by atoms with E-state index in [1.807, 2.05) is 12.1 Å². The molecule has 73 valence electrons. The first kappa shape index (κ1) is 10.6. The summed E-state index contributed by atoms with van der Waals surface area (Å²) in [6, 6.07) is 9.39. The quantitative estimate of drug-likeness (QED) is 0.699. The van der Waals surface area contributed by atoms with Gasteiger partial charge in [-0.1, -0.05) is 6.07 Å². The van der Waals surface area contributed by atoms with Crippen molar-refractivity contribution in [2.75, 3.05) is 0 Å². The van der Waals surface area contributed by atoms with Crippen molar-refractivity contribution in [2.24, 2.45) is 0 Å². The third-order valence-electron chi connectivity index (χ3n) is 1.93. The van der Waals surface area contributed by atoms with Gasteiger partial charge < -0.3 is 4.84 Å². The first-order valence-electron chi connectivity index (χ1n) is 3.79. The van der Waals surface area contributed by atoms with Gasteiger partial charge in [0.15, 0.2) is 0 Å². The number of benzene rings is 1. The minimum Gasteiger partial charge on any atom is -0.585 e. The number of hydrogen-bond acceptors (Lipinski definition) is 2. The van der Waals surface area contributed by atoms with Crippen molar-refractivity contribution in [3.63, 3.8) is 0 Å². The van der Waals surface area contributed by atoms with Crippen molar-refractivity contribution in [3.05, 3.63) is 43.1 Å². The summed E-state index contributed by atoms with van der Waals surface area (Å²) in [4.78, 5) is 4.82. The van der Waals surface area contributed by atoms with Crippen LogP contribution < -0.4 is 4.84 Å². The van der Waals surface area contributed by atoms with E-state index in [2.05, 4.69) is 13.2 Å². The van der Waals surface area contributed by atoms with Gasteiger partial charge in [0.25, 0.3) is 0 Å². The van der Waals surface area contributed by atoms with Crippen LogP contribution in [0.4, 0.5) is 0 Å². The molecule has 0 bridgehead atoms. The zero-order chi connectivity index (χ0) is 9.26. The zero-order valence-corrected chi connectivity index (χ0v) is 8.27. The maximum atomic E-state index is 8.68. The van der Waals surface area contributed by atoms with Crippen molar-refractivity contribution in [2.45, 2.75) is 0 Å². The van der Waals surface area contributed by atoms with E-state index in [0.29, 0.717) is 5.56 Å². The van der Waals surface area contributed by atoms with Crippen molar-refractivity contribution in [1.29, 1.82) is 5.26 Å². The number of nitriles is 1. The molecule has 4 heteroatoms. The van der Waals surface area contributed by atoms with Gasteiger partial charge in [0.05, 0.1) is 17.1 Å². The largest absolute Gasteiger partial charge is 0.585 e. The third-order valence-corrected chi connectivity index (χ3v) is 1.93. The van der Waals surface area contributed by atoms with E-state index < -0.39 is 0 Å². The minimum atomic E-state index is 0. The normalized spacial score (nSPS) is 9.14. The van der Waals surface area contributed by atoms with Crippen LogP contribution in [0.25, 0.3) is 10.9 Å². The molecule has 0 unspecified atom stereocenters. The SMILES string of the molecule is [CH2-]On1ccc2ccc(C#N)cc21.[Co]. The van der Waals surface area contributed by atoms with Gasteiger partial charge in [-0.3, -0.25) is 0 Å². The second-order valence-electron chi connectivity index (χ2n) is 2.66. The fraction of sp³-hybridized carbons (Fsp3) is 0. The summed E-state index contributed by atoms with van der Waals surface area (Å²) in [6.07, 6.45) is 1.76. The Hall–Kier alpha value is -1.44. The molecule has 0 aliphatic carbocycles. The molecule has 0 atom stereocenters. The van der Waals surface area contributed by atoms with Crippen molar-refractivity contribution < 1.29 is 21.6 Å². The summed E-state index contributed by atoms with van der Waals surface area (Å²) in [5, 5.41) is 9.71. The van der Waals surface area contributed by atoms with Crippen LogP contribution in [0, 0.1) is 18.4 Å². The Kier molecular flexibility index (Phi) is 3.17. The van der Waals surface area contributed by atoms with Crippen LogP contribution in [-0.2, 0) is 16.8 Å². The van der Waals surface area contributed by atoms with Gasteiger partial charge in [-0.2, -0.15) is 5.26 Å². The van der Waals surface area contributed by atoms with E-state index in [0.717, 1.165) is 10.9 Å². The first-order valence-corrected chi connectivity index (χ1v) is 3.79. The number of aromatic nitrogens is 1. The number of nitrogens with zero attached hydrogens (tertiary/aromatic N) is 2. The Balaban J connectivity index is 0.000000980. The standard InChI is InChI=1S/C10H7N2O.Co/c1-13-12-5-4-9-3-2-8(7-11)6-10(9)12;/h2-6H,1H2;/q-1;. The first-order chi connectivity index (χ1) is 6.35. The molecule has 2 aromatic rings. The molecule has 0 saturated carbocycles. The number of rotatable bonds is 1. The van der Waals surface area contributed by atoms with Gasteiger partial charge in [-0.05, 0) is 18.2 Å². The summed E-state index contributed by atoms with van der Waals surface area (Å²) in [7, 11) is 3.31. The molecule has 0 saturated heterocycles. The summed E-state index contributed by atoms with van der Waals surface area (Å²) in [6.45, 7) is 0. The maximum absolute atomic E-state index is 8.68. The Bertz CT molecular complexity index is 484. The van der Waals surface area contributed by atoms with Crippen LogP contribution in [0.2, 0.25) is 0 Å². The molecule has 1 radical (unpaired) electrons. The van der Waals surface area contributed by atoms with Gasteiger partial charge >= 0.3 is 0 Å². The molecule has 1 aromatic carbocycles. The molecular formula is C10H7CoN2O-. The van der Waals surface area contributed by atoms with E-state index in [-0.39, 0.29) is 16.8 Å². The molecule has 14 heavy (non-hydrogen) atoms. The molecule has 0 aliphatic heterocycles. The van der Waals surface area contributed by atoms with Crippen LogP contribution in [0.15, 0.2) is 30.5 Å². The average Bonchev–Trinajstić information content (AvgIpc) is 2.59. The molecular weight excluding hydrogens is 223 g/mol. The van der Waals surface area contributed by atoms with E-state index in [4.69, 9.17) is 10.1 Å². The van der Waals surface area contributed by atoms with Gasteiger partial charge in [0, 0.05) is 28.4 Å². The number of fused-ring (bicyclic) bond motifs is 1.